The SMILES string of the molecule is COC(=O)C=C(C)CCC1(C)C(C)C(OC(C)=O)CC2(C)C(C)=CC(=O)CC21. The summed E-state index contributed by atoms with van der Waals surface area (Å²) < 4.78 is 10.5. The van der Waals surface area contributed by atoms with Gasteiger partial charge in [-0.1, -0.05) is 31.9 Å². The Bertz CT molecular complexity index is 719. The van der Waals surface area contributed by atoms with E-state index in [1.807, 2.05) is 13.8 Å². The van der Waals surface area contributed by atoms with Crippen molar-refractivity contribution in [2.45, 2.75) is 73.3 Å². The third-order valence-corrected chi connectivity index (χ3v) is 7.41. The van der Waals surface area contributed by atoms with Crippen LogP contribution in [0.15, 0.2) is 23.3 Å². The topological polar surface area (TPSA) is 69.7 Å². The highest BCUT2D eigenvalue weighted by Crippen LogP contribution is 2.62. The highest BCUT2D eigenvalue weighted by molar-refractivity contribution is 5.92. The Kier molecular flexibility index (Phi) is 6.57. The molecule has 156 valence electrons. The molecule has 5 nitrogen and oxygen atoms in total. The minimum atomic E-state index is -0.353. The predicted octanol–water partition coefficient (Wildman–Crippen LogP) is 4.41. The summed E-state index contributed by atoms with van der Waals surface area (Å²) in [5.74, 6) is -0.166. The maximum absolute atomic E-state index is 12.4. The zero-order valence-corrected chi connectivity index (χ0v) is 18.3. The Morgan fingerprint density at radius 3 is 2.50 bits per heavy atom. The number of allylic oxidation sites excluding steroid dienone is 3. The van der Waals surface area contributed by atoms with Crippen molar-refractivity contribution in [3.63, 3.8) is 0 Å². The Balaban J connectivity index is 2.40. The molecule has 2 aliphatic carbocycles. The molecule has 28 heavy (non-hydrogen) atoms. The molecule has 0 spiro atoms. The van der Waals surface area contributed by atoms with Crippen LogP contribution in [-0.2, 0) is 23.9 Å². The van der Waals surface area contributed by atoms with E-state index in [-0.39, 0.29) is 46.5 Å². The highest BCUT2D eigenvalue weighted by Gasteiger charge is 2.58. The van der Waals surface area contributed by atoms with Crippen molar-refractivity contribution >= 4 is 17.7 Å². The Morgan fingerprint density at radius 1 is 1.29 bits per heavy atom. The molecule has 0 radical (unpaired) electrons. The van der Waals surface area contributed by atoms with Gasteiger partial charge in [0.15, 0.2) is 5.78 Å². The first kappa shape index (κ1) is 22.4. The third-order valence-electron chi connectivity index (χ3n) is 7.41. The molecule has 2 rings (SSSR count). The van der Waals surface area contributed by atoms with Crippen LogP contribution in [0.3, 0.4) is 0 Å². The number of hydrogen-bond acceptors (Lipinski definition) is 5. The zero-order valence-electron chi connectivity index (χ0n) is 18.3. The second-order valence-corrected chi connectivity index (χ2v) is 9.13. The molecule has 0 aromatic rings. The Hall–Kier alpha value is -1.91. The summed E-state index contributed by atoms with van der Waals surface area (Å²) in [4.78, 5) is 35.7. The second kappa shape index (κ2) is 8.22. The van der Waals surface area contributed by atoms with Crippen molar-refractivity contribution in [3.05, 3.63) is 23.3 Å². The zero-order chi connectivity index (χ0) is 21.3. The lowest BCUT2D eigenvalue weighted by Crippen LogP contribution is -2.56. The lowest BCUT2D eigenvalue weighted by atomic mass is 9.46. The van der Waals surface area contributed by atoms with Crippen molar-refractivity contribution in [2.24, 2.45) is 22.7 Å². The van der Waals surface area contributed by atoms with Crippen LogP contribution in [0.25, 0.3) is 0 Å². The lowest BCUT2D eigenvalue weighted by Gasteiger charge is -2.59. The number of methoxy groups -OCH3 is 1. The van der Waals surface area contributed by atoms with E-state index in [1.54, 1.807) is 6.08 Å². The second-order valence-electron chi connectivity index (χ2n) is 9.13. The third kappa shape index (κ3) is 4.23. The first-order valence-electron chi connectivity index (χ1n) is 10.1. The van der Waals surface area contributed by atoms with Gasteiger partial charge in [0.2, 0.25) is 0 Å². The molecule has 1 fully saturated rings. The van der Waals surface area contributed by atoms with Gasteiger partial charge in [0.25, 0.3) is 0 Å². The van der Waals surface area contributed by atoms with Gasteiger partial charge in [-0.05, 0) is 61.9 Å². The fourth-order valence-corrected chi connectivity index (χ4v) is 5.32. The number of hydrogen-bond donors (Lipinski definition) is 0. The maximum atomic E-state index is 12.4. The largest absolute Gasteiger partial charge is 0.466 e. The summed E-state index contributed by atoms with van der Waals surface area (Å²) in [7, 11) is 1.37. The van der Waals surface area contributed by atoms with Crippen molar-refractivity contribution < 1.29 is 23.9 Å². The molecule has 0 heterocycles. The number of ketones is 1. The van der Waals surface area contributed by atoms with Gasteiger partial charge in [0.05, 0.1) is 7.11 Å². The van der Waals surface area contributed by atoms with Gasteiger partial charge in [-0.3, -0.25) is 9.59 Å². The predicted molar refractivity (Wildman–Crippen MR) is 107 cm³/mol. The molecule has 2 aliphatic rings. The van der Waals surface area contributed by atoms with E-state index >= 15 is 0 Å². The molecule has 0 aliphatic heterocycles. The molecule has 0 amide bonds. The van der Waals surface area contributed by atoms with E-state index in [4.69, 9.17) is 9.47 Å². The summed E-state index contributed by atoms with van der Waals surface area (Å²) in [6.07, 6.45) is 5.89. The number of esters is 2. The number of carbonyl (C=O) groups is 3. The summed E-state index contributed by atoms with van der Waals surface area (Å²) >= 11 is 0. The van der Waals surface area contributed by atoms with Gasteiger partial charge < -0.3 is 9.47 Å². The van der Waals surface area contributed by atoms with Crippen LogP contribution in [0, 0.1) is 22.7 Å². The first-order chi connectivity index (χ1) is 12.9. The average molecular weight is 391 g/mol. The van der Waals surface area contributed by atoms with Crippen LogP contribution in [-0.4, -0.2) is 30.9 Å². The molecule has 0 bridgehead atoms. The van der Waals surface area contributed by atoms with Gasteiger partial charge >= 0.3 is 11.9 Å². The minimum Gasteiger partial charge on any atom is -0.466 e. The monoisotopic (exact) mass is 390 g/mol. The normalized spacial score (nSPS) is 35.7. The van der Waals surface area contributed by atoms with E-state index in [0.29, 0.717) is 6.42 Å². The fourth-order valence-electron chi connectivity index (χ4n) is 5.32. The maximum Gasteiger partial charge on any atom is 0.330 e. The van der Waals surface area contributed by atoms with Crippen LogP contribution >= 0.6 is 0 Å². The van der Waals surface area contributed by atoms with Crippen molar-refractivity contribution in [2.75, 3.05) is 7.11 Å². The van der Waals surface area contributed by atoms with Crippen molar-refractivity contribution in [1.82, 2.24) is 0 Å². The molecular formula is C23H34O5. The van der Waals surface area contributed by atoms with E-state index in [2.05, 4.69) is 20.8 Å². The van der Waals surface area contributed by atoms with E-state index in [0.717, 1.165) is 30.4 Å². The van der Waals surface area contributed by atoms with Crippen LogP contribution in [0.2, 0.25) is 0 Å². The van der Waals surface area contributed by atoms with Gasteiger partial charge in [-0.2, -0.15) is 0 Å². The molecule has 0 saturated heterocycles. The van der Waals surface area contributed by atoms with Gasteiger partial charge in [0, 0.05) is 19.4 Å². The number of carbonyl (C=O) groups excluding carboxylic acids is 3. The minimum absolute atomic E-state index is 0.110. The number of ether oxygens (including phenoxy) is 2. The molecule has 1 saturated carbocycles. The quantitative estimate of drug-likeness (QED) is 0.514. The molecule has 0 aromatic heterocycles. The fraction of sp³-hybridized carbons (Fsp3) is 0.696. The Morgan fingerprint density at radius 2 is 1.93 bits per heavy atom. The van der Waals surface area contributed by atoms with Crippen LogP contribution in [0.4, 0.5) is 0 Å². The molecular weight excluding hydrogens is 356 g/mol. The van der Waals surface area contributed by atoms with E-state index in [9.17, 15) is 14.4 Å². The number of fused-ring (bicyclic) bond motifs is 1. The van der Waals surface area contributed by atoms with Crippen LogP contribution in [0.1, 0.15) is 67.2 Å². The van der Waals surface area contributed by atoms with Gasteiger partial charge in [-0.25, -0.2) is 4.79 Å². The molecule has 0 N–H and O–H groups in total. The van der Waals surface area contributed by atoms with Gasteiger partial charge in [-0.15, -0.1) is 0 Å². The van der Waals surface area contributed by atoms with Crippen LogP contribution < -0.4 is 0 Å². The van der Waals surface area contributed by atoms with Crippen molar-refractivity contribution in [3.8, 4) is 0 Å². The highest BCUT2D eigenvalue weighted by atomic mass is 16.5. The molecule has 0 aromatic carbocycles. The Labute approximate surface area is 168 Å². The first-order valence-corrected chi connectivity index (χ1v) is 10.1. The summed E-state index contributed by atoms with van der Waals surface area (Å²) in [5, 5.41) is 0. The summed E-state index contributed by atoms with van der Waals surface area (Å²) in [6, 6.07) is 0. The van der Waals surface area contributed by atoms with Crippen molar-refractivity contribution in [1.29, 1.82) is 0 Å². The van der Waals surface area contributed by atoms with Gasteiger partial charge in [0.1, 0.15) is 6.10 Å². The average Bonchev–Trinajstić information content (AvgIpc) is 2.60. The molecule has 5 unspecified atom stereocenters. The summed E-state index contributed by atoms with van der Waals surface area (Å²) in [5.41, 5.74) is 1.63. The van der Waals surface area contributed by atoms with E-state index < -0.39 is 0 Å². The summed E-state index contributed by atoms with van der Waals surface area (Å²) in [6.45, 7) is 11.9. The van der Waals surface area contributed by atoms with Crippen LogP contribution in [0.5, 0.6) is 0 Å². The van der Waals surface area contributed by atoms with E-state index in [1.165, 1.54) is 20.1 Å². The molecule has 5 atom stereocenters. The number of rotatable bonds is 5. The molecule has 5 heteroatoms. The lowest BCUT2D eigenvalue weighted by molar-refractivity contribution is -0.171. The standard InChI is InChI=1S/C23H34O5/c1-14(10-21(26)27-7)8-9-22(5)16(3)19(28-17(4)24)13-23(6)15(2)11-18(25)12-20(22)23/h10-11,16,19-20H,8-9,12-13H2,1-7H3. The smallest absolute Gasteiger partial charge is 0.330 e.